The number of nitrogens with zero attached hydrogens (tertiary/aromatic N) is 2. The van der Waals surface area contributed by atoms with E-state index in [1.165, 1.54) is 11.8 Å². The minimum atomic E-state index is -0.678. The van der Waals surface area contributed by atoms with Gasteiger partial charge in [0.25, 0.3) is 5.91 Å². The summed E-state index contributed by atoms with van der Waals surface area (Å²) in [6, 6.07) is 3.81. The third kappa shape index (κ3) is 5.45. The van der Waals surface area contributed by atoms with Crippen molar-refractivity contribution in [2.75, 3.05) is 32.1 Å². The van der Waals surface area contributed by atoms with E-state index in [2.05, 4.69) is 27.4 Å². The molecular weight excluding hydrogens is 552 g/mol. The molecule has 8 atom stereocenters. The highest BCUT2D eigenvalue weighted by Crippen LogP contribution is 2.68. The summed E-state index contributed by atoms with van der Waals surface area (Å²) in [5.74, 6) is 0.0332. The first-order valence-electron chi connectivity index (χ1n) is 15.5. The van der Waals surface area contributed by atoms with Crippen LogP contribution in [0, 0.1) is 34.0 Å². The van der Waals surface area contributed by atoms with Crippen molar-refractivity contribution in [1.29, 1.82) is 0 Å². The first-order chi connectivity index (χ1) is 19.9. The van der Waals surface area contributed by atoms with Crippen molar-refractivity contribution >= 4 is 29.4 Å². The molecule has 3 aliphatic carbocycles. The minimum Gasteiger partial charge on any atom is -0.461 e. The van der Waals surface area contributed by atoms with Crippen molar-refractivity contribution in [3.05, 3.63) is 37.2 Å². The minimum absolute atomic E-state index is 0.0546. The number of ether oxygens (including phenoxy) is 2. The van der Waals surface area contributed by atoms with Gasteiger partial charge in [0.05, 0.1) is 25.1 Å². The van der Waals surface area contributed by atoms with Crippen LogP contribution in [-0.2, 0) is 30.4 Å². The summed E-state index contributed by atoms with van der Waals surface area (Å²) in [4.78, 5) is 42.3. The summed E-state index contributed by atoms with van der Waals surface area (Å²) in [5.41, 5.74) is -1.45. The summed E-state index contributed by atoms with van der Waals surface area (Å²) in [5, 5.41) is 11.7. The van der Waals surface area contributed by atoms with E-state index in [0.717, 1.165) is 24.2 Å². The number of esters is 1. The molecule has 0 unspecified atom stereocenters. The molecule has 1 N–H and O–H groups in total. The van der Waals surface area contributed by atoms with Gasteiger partial charge in [-0.15, -0.1) is 18.3 Å². The Morgan fingerprint density at radius 2 is 1.90 bits per heavy atom. The fourth-order valence-electron chi connectivity index (χ4n) is 8.55. The van der Waals surface area contributed by atoms with Gasteiger partial charge in [-0.05, 0) is 42.9 Å². The Hall–Kier alpha value is -2.23. The van der Waals surface area contributed by atoms with Gasteiger partial charge in [0, 0.05) is 53.3 Å². The van der Waals surface area contributed by atoms with Crippen LogP contribution in [-0.4, -0.2) is 71.9 Å². The highest BCUT2D eigenvalue weighted by atomic mass is 32.2. The van der Waals surface area contributed by atoms with Crippen LogP contribution in [0.5, 0.6) is 0 Å². The number of aliphatic hydroxyl groups is 1. The van der Waals surface area contributed by atoms with Crippen molar-refractivity contribution in [2.24, 2.45) is 34.0 Å². The molecule has 1 saturated heterocycles. The molecule has 0 radical (unpaired) electrons. The summed E-state index contributed by atoms with van der Waals surface area (Å²) in [7, 11) is 0. The predicted octanol–water partition coefficient (Wildman–Crippen LogP) is 3.83. The van der Waals surface area contributed by atoms with E-state index in [1.807, 2.05) is 47.0 Å². The van der Waals surface area contributed by atoms with Crippen molar-refractivity contribution < 1.29 is 33.5 Å². The maximum atomic E-state index is 13.6. The molecule has 1 amide bonds. The van der Waals surface area contributed by atoms with Crippen LogP contribution < -0.4 is 4.57 Å². The Bertz CT molecular complexity index is 1200. The highest BCUT2D eigenvalue weighted by molar-refractivity contribution is 8.00. The van der Waals surface area contributed by atoms with Crippen LogP contribution >= 0.6 is 11.8 Å². The summed E-state index contributed by atoms with van der Waals surface area (Å²) in [6.07, 6.45) is 7.95. The maximum absolute atomic E-state index is 13.6. The summed E-state index contributed by atoms with van der Waals surface area (Å²) in [6.45, 7) is 15.2. The summed E-state index contributed by atoms with van der Waals surface area (Å²) < 4.78 is 13.5. The van der Waals surface area contributed by atoms with Crippen molar-refractivity contribution in [3.63, 3.8) is 0 Å². The normalized spacial score (nSPS) is 38.3. The van der Waals surface area contributed by atoms with E-state index in [1.54, 1.807) is 0 Å². The molecule has 1 aromatic rings. The second-order valence-corrected chi connectivity index (χ2v) is 14.6. The Labute approximate surface area is 254 Å². The van der Waals surface area contributed by atoms with E-state index in [0.29, 0.717) is 39.1 Å². The third-order valence-corrected chi connectivity index (χ3v) is 12.5. The number of hydrogen-bond acceptors (Lipinski definition) is 7. The van der Waals surface area contributed by atoms with E-state index in [4.69, 9.17) is 9.47 Å². The molecule has 2 bridgehead atoms. The lowest BCUT2D eigenvalue weighted by atomic mass is 9.44. The number of Topliss-reactive ketones (excluding diaryl/α,β-unsaturated/α-hetero) is 1. The standard InChI is InChI=1S/C33H47N2O6S/c1-6-31(4)19-26(32(5)22(2)7-11-33(23(3)30(31)39)12-8-25(36)29(32)33)41-28(38)21-42-24-9-13-34(14-10-24)20-27(37)35-15-17-40-18-16-35/h6,9-10,13-14,22-23,26,29-30,39H,1,7-8,11-12,15-21H2,2-5H3/q+1/t22-,23+,26-,29+,30+,31-,32+,33+/m1/s1. The molecule has 0 spiro atoms. The zero-order valence-corrected chi connectivity index (χ0v) is 26.4. The van der Waals surface area contributed by atoms with Gasteiger partial charge in [-0.3, -0.25) is 14.4 Å². The van der Waals surface area contributed by atoms with Crippen molar-refractivity contribution in [2.45, 2.75) is 83.4 Å². The molecule has 230 valence electrons. The van der Waals surface area contributed by atoms with Crippen LogP contribution in [0.2, 0.25) is 0 Å². The molecule has 3 saturated carbocycles. The quantitative estimate of drug-likeness (QED) is 0.220. The molecule has 1 aliphatic heterocycles. The Balaban J connectivity index is 1.29. The number of carbonyl (C=O) groups excluding carboxylic acids is 3. The van der Waals surface area contributed by atoms with Crippen molar-refractivity contribution in [1.82, 2.24) is 4.90 Å². The number of rotatable bonds is 7. The lowest BCUT2D eigenvalue weighted by Crippen LogP contribution is -2.63. The number of carbonyl (C=O) groups is 3. The molecule has 5 rings (SSSR count). The van der Waals surface area contributed by atoms with E-state index in [9.17, 15) is 19.5 Å². The number of thioether (sulfide) groups is 1. The molecular formula is C33H47N2O6S+. The van der Waals surface area contributed by atoms with Crippen LogP contribution in [0.25, 0.3) is 0 Å². The Morgan fingerprint density at radius 3 is 2.57 bits per heavy atom. The Morgan fingerprint density at radius 1 is 1.21 bits per heavy atom. The van der Waals surface area contributed by atoms with Gasteiger partial charge >= 0.3 is 5.97 Å². The van der Waals surface area contributed by atoms with Gasteiger partial charge in [0.1, 0.15) is 11.9 Å². The molecule has 1 aromatic heterocycles. The summed E-state index contributed by atoms with van der Waals surface area (Å²) >= 11 is 1.39. The smallest absolute Gasteiger partial charge is 0.316 e. The average Bonchev–Trinajstić information content (AvgIpc) is 3.35. The number of morpholine rings is 1. The van der Waals surface area contributed by atoms with Crippen molar-refractivity contribution in [3.8, 4) is 0 Å². The molecule has 4 aliphatic rings. The van der Waals surface area contributed by atoms with Gasteiger partial charge in [-0.2, -0.15) is 4.57 Å². The number of hydrogen-bond donors (Lipinski definition) is 1. The van der Waals surface area contributed by atoms with E-state index >= 15 is 0 Å². The number of ketones is 1. The zero-order chi connectivity index (χ0) is 30.3. The van der Waals surface area contributed by atoms with Gasteiger partial charge in [-0.25, -0.2) is 0 Å². The Kier molecular flexibility index (Phi) is 8.95. The lowest BCUT2D eigenvalue weighted by molar-refractivity contribution is -0.685. The fourth-order valence-corrected chi connectivity index (χ4v) is 9.22. The van der Waals surface area contributed by atoms with Crippen LogP contribution in [0.1, 0.15) is 59.8 Å². The number of pyridine rings is 1. The second kappa shape index (κ2) is 12.0. The first kappa shape index (κ1) is 31.2. The molecule has 4 fully saturated rings. The second-order valence-electron chi connectivity index (χ2n) is 13.6. The average molecular weight is 600 g/mol. The zero-order valence-electron chi connectivity index (χ0n) is 25.5. The van der Waals surface area contributed by atoms with Gasteiger partial charge in [0.2, 0.25) is 6.54 Å². The van der Waals surface area contributed by atoms with Crippen LogP contribution in [0.4, 0.5) is 0 Å². The van der Waals surface area contributed by atoms with Gasteiger partial charge < -0.3 is 19.5 Å². The lowest BCUT2D eigenvalue weighted by Gasteiger charge is -2.61. The highest BCUT2D eigenvalue weighted by Gasteiger charge is 2.68. The molecule has 2 heterocycles. The molecule has 42 heavy (non-hydrogen) atoms. The number of amides is 1. The van der Waals surface area contributed by atoms with Gasteiger partial charge in [0.15, 0.2) is 12.4 Å². The largest absolute Gasteiger partial charge is 0.461 e. The maximum Gasteiger partial charge on any atom is 0.316 e. The fraction of sp³-hybridized carbons (Fsp3) is 0.697. The van der Waals surface area contributed by atoms with Crippen LogP contribution in [0.3, 0.4) is 0 Å². The molecule has 9 heteroatoms. The van der Waals surface area contributed by atoms with Gasteiger partial charge in [-0.1, -0.05) is 33.8 Å². The monoisotopic (exact) mass is 599 g/mol. The predicted molar refractivity (Wildman–Crippen MR) is 159 cm³/mol. The molecule has 0 aromatic carbocycles. The third-order valence-electron chi connectivity index (χ3n) is 11.5. The van der Waals surface area contributed by atoms with Crippen LogP contribution in [0.15, 0.2) is 42.1 Å². The van der Waals surface area contributed by atoms with E-state index < -0.39 is 23.0 Å². The number of aliphatic hydroxyl groups excluding tert-OH is 1. The molecule has 8 nitrogen and oxygen atoms in total. The first-order valence-corrected chi connectivity index (χ1v) is 16.4. The SMILES string of the molecule is C=C[C@]1(C)C[C@@H](OC(=O)CSc2cc[n+](CC(=O)N3CCOCC3)cc2)[C@]2(C)[C@H](C)CC[C@]3(CCC(=O)[C@H]32)[C@@H](C)[C@@H]1O. The topological polar surface area (TPSA) is 97.0 Å². The number of aromatic nitrogens is 1. The van der Waals surface area contributed by atoms with E-state index in [-0.39, 0.29) is 53.1 Å².